The van der Waals surface area contributed by atoms with Gasteiger partial charge in [-0.2, -0.15) is 0 Å². The van der Waals surface area contributed by atoms with Crippen LogP contribution in [0.1, 0.15) is 10.4 Å². The van der Waals surface area contributed by atoms with Crippen molar-refractivity contribution in [3.8, 4) is 0 Å². The second kappa shape index (κ2) is 10.4. The molecule has 3 rings (SSSR count). The lowest BCUT2D eigenvalue weighted by Crippen LogP contribution is -2.65. The molecule has 1 aromatic rings. The highest BCUT2D eigenvalue weighted by Crippen LogP contribution is 2.30. The SMILES string of the molecule is O=C(O)c1ccccc1N[C@@H]1OC(CO)[C@H](O[C@@H]2OC(CO)[C@@H](O)C(O)C2O)C(O)C1O. The summed E-state index contributed by atoms with van der Waals surface area (Å²) in [5, 5.41) is 82.0. The van der Waals surface area contributed by atoms with Crippen LogP contribution in [0, 0.1) is 0 Å². The minimum Gasteiger partial charge on any atom is -0.478 e. The Labute approximate surface area is 182 Å². The molecule has 9 N–H and O–H groups in total. The number of aromatic carboxylic acids is 1. The normalized spacial score (nSPS) is 40.1. The van der Waals surface area contributed by atoms with Crippen LogP contribution >= 0.6 is 0 Å². The largest absolute Gasteiger partial charge is 0.478 e. The van der Waals surface area contributed by atoms with Gasteiger partial charge in [0.1, 0.15) is 48.8 Å². The van der Waals surface area contributed by atoms with E-state index in [1.54, 1.807) is 6.07 Å². The first-order valence-electron chi connectivity index (χ1n) is 9.86. The molecule has 13 heteroatoms. The van der Waals surface area contributed by atoms with E-state index in [0.29, 0.717) is 0 Å². The lowest BCUT2D eigenvalue weighted by atomic mass is 9.96. The van der Waals surface area contributed by atoms with Gasteiger partial charge in [0.2, 0.25) is 0 Å². The lowest BCUT2D eigenvalue weighted by Gasteiger charge is -2.46. The molecule has 2 saturated heterocycles. The molecule has 10 atom stereocenters. The summed E-state index contributed by atoms with van der Waals surface area (Å²) >= 11 is 0. The van der Waals surface area contributed by atoms with Crippen LogP contribution in [0.15, 0.2) is 24.3 Å². The third-order valence-corrected chi connectivity index (χ3v) is 5.46. The zero-order valence-electron chi connectivity index (χ0n) is 16.7. The van der Waals surface area contributed by atoms with Crippen molar-refractivity contribution in [1.82, 2.24) is 0 Å². The van der Waals surface area contributed by atoms with Gasteiger partial charge in [-0.15, -0.1) is 0 Å². The van der Waals surface area contributed by atoms with Gasteiger partial charge < -0.3 is 60.4 Å². The number of carboxylic acid groups (broad SMARTS) is 1. The van der Waals surface area contributed by atoms with E-state index in [1.807, 2.05) is 0 Å². The van der Waals surface area contributed by atoms with Crippen LogP contribution in [0.5, 0.6) is 0 Å². The standard InChI is InChI=1S/C19H27NO12/c21-5-9-11(23)12(24)15(27)19(31-9)32-16-10(6-22)30-17(14(26)13(16)25)20-8-4-2-1-3-7(8)18(28)29/h1-4,9-17,19-27H,5-6H2,(H,28,29)/t9?,10?,11-,12?,13?,14?,15?,16+,17-,19+/m1/s1. The fraction of sp³-hybridized carbons (Fsp3) is 0.632. The van der Waals surface area contributed by atoms with Crippen molar-refractivity contribution in [3.63, 3.8) is 0 Å². The number of aliphatic hydroxyl groups is 7. The zero-order chi connectivity index (χ0) is 23.6. The van der Waals surface area contributed by atoms with Gasteiger partial charge in [0, 0.05) is 0 Å². The molecule has 13 nitrogen and oxygen atoms in total. The molecule has 6 unspecified atom stereocenters. The number of benzene rings is 1. The first-order chi connectivity index (χ1) is 15.2. The molecule has 0 aromatic heterocycles. The number of rotatable bonds is 7. The maximum absolute atomic E-state index is 11.4. The number of anilines is 1. The minimum atomic E-state index is -1.77. The highest BCUT2D eigenvalue weighted by atomic mass is 16.7. The summed E-state index contributed by atoms with van der Waals surface area (Å²) in [6.45, 7) is -1.40. The van der Waals surface area contributed by atoms with Crippen LogP contribution < -0.4 is 5.32 Å². The summed E-state index contributed by atoms with van der Waals surface area (Å²) in [6, 6.07) is 5.80. The van der Waals surface area contributed by atoms with E-state index < -0.39 is 80.5 Å². The van der Waals surface area contributed by atoms with Crippen molar-refractivity contribution in [1.29, 1.82) is 0 Å². The van der Waals surface area contributed by atoms with Gasteiger partial charge in [0.15, 0.2) is 12.5 Å². The van der Waals surface area contributed by atoms with E-state index in [9.17, 15) is 45.6 Å². The molecule has 0 spiro atoms. The molecule has 0 aliphatic carbocycles. The van der Waals surface area contributed by atoms with Gasteiger partial charge in [0.25, 0.3) is 0 Å². The first-order valence-corrected chi connectivity index (χ1v) is 9.86. The van der Waals surface area contributed by atoms with Gasteiger partial charge in [0.05, 0.1) is 24.5 Å². The molecule has 0 radical (unpaired) electrons. The van der Waals surface area contributed by atoms with Crippen molar-refractivity contribution in [2.24, 2.45) is 0 Å². The van der Waals surface area contributed by atoms with Gasteiger partial charge >= 0.3 is 5.97 Å². The monoisotopic (exact) mass is 461 g/mol. The van der Waals surface area contributed by atoms with Crippen molar-refractivity contribution in [3.05, 3.63) is 29.8 Å². The number of hydrogen-bond acceptors (Lipinski definition) is 12. The van der Waals surface area contributed by atoms with Gasteiger partial charge in [-0.3, -0.25) is 0 Å². The molecule has 0 bridgehead atoms. The molecule has 2 heterocycles. The summed E-state index contributed by atoms with van der Waals surface area (Å²) in [4.78, 5) is 11.4. The Balaban J connectivity index is 1.75. The van der Waals surface area contributed by atoms with Gasteiger partial charge in [-0.05, 0) is 12.1 Å². The molecule has 2 fully saturated rings. The average molecular weight is 461 g/mol. The fourth-order valence-electron chi connectivity index (χ4n) is 3.66. The van der Waals surface area contributed by atoms with Crippen LogP contribution in [0.2, 0.25) is 0 Å². The van der Waals surface area contributed by atoms with Crippen LogP contribution in [0.4, 0.5) is 5.69 Å². The topological polar surface area (TPSA) is 219 Å². The average Bonchev–Trinajstić information content (AvgIpc) is 2.78. The van der Waals surface area contributed by atoms with Gasteiger partial charge in [-0.25, -0.2) is 4.79 Å². The number of ether oxygens (including phenoxy) is 3. The number of carbonyl (C=O) groups is 1. The molecule has 0 amide bonds. The summed E-state index contributed by atoms with van der Waals surface area (Å²) in [5.74, 6) is -1.23. The molecule has 2 aliphatic rings. The number of para-hydroxylation sites is 1. The summed E-state index contributed by atoms with van der Waals surface area (Å²) in [7, 11) is 0. The Hall–Kier alpha value is -1.91. The van der Waals surface area contributed by atoms with Crippen LogP contribution in [-0.4, -0.2) is 121 Å². The van der Waals surface area contributed by atoms with Crippen molar-refractivity contribution < 1.29 is 59.9 Å². The quantitative estimate of drug-likeness (QED) is 0.192. The Bertz CT molecular complexity index is 776. The third kappa shape index (κ3) is 4.87. The zero-order valence-corrected chi connectivity index (χ0v) is 16.7. The van der Waals surface area contributed by atoms with Gasteiger partial charge in [-0.1, -0.05) is 12.1 Å². The summed E-state index contributed by atoms with van der Waals surface area (Å²) in [5.41, 5.74) is -0.0146. The molecule has 180 valence electrons. The number of carboxylic acids is 1. The second-order valence-corrected chi connectivity index (χ2v) is 7.55. The highest BCUT2D eigenvalue weighted by molar-refractivity contribution is 5.94. The maximum Gasteiger partial charge on any atom is 0.337 e. The molecule has 2 aliphatic heterocycles. The van der Waals surface area contributed by atoms with Crippen molar-refractivity contribution in [2.45, 2.75) is 61.3 Å². The summed E-state index contributed by atoms with van der Waals surface area (Å²) in [6.07, 6.45) is -15.5. The second-order valence-electron chi connectivity index (χ2n) is 7.55. The van der Waals surface area contributed by atoms with Crippen LogP contribution in [0.3, 0.4) is 0 Å². The van der Waals surface area contributed by atoms with Crippen LogP contribution in [0.25, 0.3) is 0 Å². The number of aliphatic hydroxyl groups excluding tert-OH is 7. The number of nitrogens with one attached hydrogen (secondary N) is 1. The Kier molecular flexibility index (Phi) is 8.00. The predicted molar refractivity (Wildman–Crippen MR) is 103 cm³/mol. The molecule has 1 aromatic carbocycles. The molecular weight excluding hydrogens is 434 g/mol. The number of hydrogen-bond donors (Lipinski definition) is 9. The molecule has 32 heavy (non-hydrogen) atoms. The Morgan fingerprint density at radius 1 is 0.875 bits per heavy atom. The van der Waals surface area contributed by atoms with E-state index in [2.05, 4.69) is 5.32 Å². The Morgan fingerprint density at radius 2 is 1.53 bits per heavy atom. The lowest BCUT2D eigenvalue weighted by molar-refractivity contribution is -0.340. The molecular formula is C19H27NO12. The van der Waals surface area contributed by atoms with E-state index in [-0.39, 0.29) is 11.3 Å². The van der Waals surface area contributed by atoms with E-state index in [0.717, 1.165) is 0 Å². The van der Waals surface area contributed by atoms with Crippen molar-refractivity contribution >= 4 is 11.7 Å². The Morgan fingerprint density at radius 3 is 2.16 bits per heavy atom. The van der Waals surface area contributed by atoms with Crippen LogP contribution in [-0.2, 0) is 14.2 Å². The summed E-state index contributed by atoms with van der Waals surface area (Å²) < 4.78 is 16.3. The van der Waals surface area contributed by atoms with E-state index in [1.165, 1.54) is 18.2 Å². The minimum absolute atomic E-state index is 0.0984. The first kappa shape index (κ1) is 24.7. The third-order valence-electron chi connectivity index (χ3n) is 5.46. The fourth-order valence-corrected chi connectivity index (χ4v) is 3.66. The smallest absolute Gasteiger partial charge is 0.337 e. The maximum atomic E-state index is 11.4. The highest BCUT2D eigenvalue weighted by Gasteiger charge is 2.50. The van der Waals surface area contributed by atoms with Crippen molar-refractivity contribution in [2.75, 3.05) is 18.5 Å². The molecule has 0 saturated carbocycles. The predicted octanol–water partition coefficient (Wildman–Crippen LogP) is -3.58. The van der Waals surface area contributed by atoms with E-state index >= 15 is 0 Å². The van der Waals surface area contributed by atoms with E-state index in [4.69, 9.17) is 14.2 Å².